The third-order valence-electron chi connectivity index (χ3n) is 2.36. The molecule has 0 N–H and O–H groups in total. The fraction of sp³-hybridized carbons (Fsp3) is 0.0833. The largest absolute Gasteiger partial charge is 0.439 e. The maximum absolute atomic E-state index is 10.5. The van der Waals surface area contributed by atoms with Gasteiger partial charge in [-0.15, -0.1) is 0 Å². The van der Waals surface area contributed by atoms with Crippen LogP contribution in [-0.2, 0) is 0 Å². The number of pyridine rings is 1. The van der Waals surface area contributed by atoms with E-state index in [2.05, 4.69) is 20.9 Å². The normalized spacial score (nSPS) is 10.3. The molecule has 0 aliphatic heterocycles. The lowest BCUT2D eigenvalue weighted by molar-refractivity contribution is -0.385. The lowest BCUT2D eigenvalue weighted by Crippen LogP contribution is -1.93. The Morgan fingerprint density at radius 3 is 2.74 bits per heavy atom. The zero-order valence-electron chi connectivity index (χ0n) is 9.76. The lowest BCUT2D eigenvalue weighted by atomic mass is 10.2. The Labute approximate surface area is 122 Å². The number of ether oxygens (including phenoxy) is 1. The van der Waals surface area contributed by atoms with Gasteiger partial charge in [0, 0.05) is 22.7 Å². The van der Waals surface area contributed by atoms with Gasteiger partial charge in [0.25, 0.3) is 5.69 Å². The minimum atomic E-state index is -0.515. The summed E-state index contributed by atoms with van der Waals surface area (Å²) in [4.78, 5) is 13.9. The highest BCUT2D eigenvalue weighted by Gasteiger charge is 2.09. The number of aromatic nitrogens is 1. The van der Waals surface area contributed by atoms with Gasteiger partial charge in [-0.2, -0.15) is 0 Å². The Balaban J connectivity index is 2.26. The molecule has 1 aromatic carbocycles. The predicted octanol–water partition coefficient (Wildman–Crippen LogP) is 4.51. The molecule has 0 amide bonds. The summed E-state index contributed by atoms with van der Waals surface area (Å²) in [6, 6.07) is 6.25. The highest BCUT2D eigenvalue weighted by molar-refractivity contribution is 9.10. The SMILES string of the molecule is Cc1cc(Br)c(Cl)cc1Oc1ccc([N+](=O)[O-])cn1. The van der Waals surface area contributed by atoms with Crippen molar-refractivity contribution in [3.05, 3.63) is 55.6 Å². The minimum absolute atomic E-state index is 0.0853. The molecule has 0 fully saturated rings. The van der Waals surface area contributed by atoms with Crippen molar-refractivity contribution in [1.29, 1.82) is 0 Å². The van der Waals surface area contributed by atoms with Crippen LogP contribution in [0.1, 0.15) is 5.56 Å². The third kappa shape index (κ3) is 3.21. The first kappa shape index (κ1) is 13.8. The van der Waals surface area contributed by atoms with E-state index in [0.29, 0.717) is 10.8 Å². The van der Waals surface area contributed by atoms with Crippen LogP contribution in [0.4, 0.5) is 5.69 Å². The van der Waals surface area contributed by atoms with Gasteiger partial charge >= 0.3 is 0 Å². The van der Waals surface area contributed by atoms with Gasteiger partial charge in [-0.3, -0.25) is 10.1 Å². The van der Waals surface area contributed by atoms with Crippen molar-refractivity contribution in [2.75, 3.05) is 0 Å². The van der Waals surface area contributed by atoms with Gasteiger partial charge in [0.2, 0.25) is 5.88 Å². The van der Waals surface area contributed by atoms with Gasteiger partial charge in [-0.25, -0.2) is 4.98 Å². The molecular formula is C12H8BrClN2O3. The van der Waals surface area contributed by atoms with Crippen LogP contribution in [0, 0.1) is 17.0 Å². The lowest BCUT2D eigenvalue weighted by Gasteiger charge is -2.09. The van der Waals surface area contributed by atoms with Crippen molar-refractivity contribution >= 4 is 33.2 Å². The van der Waals surface area contributed by atoms with E-state index in [1.165, 1.54) is 12.1 Å². The maximum atomic E-state index is 10.5. The minimum Gasteiger partial charge on any atom is -0.439 e. The van der Waals surface area contributed by atoms with Crippen LogP contribution >= 0.6 is 27.5 Å². The molecule has 2 rings (SSSR count). The van der Waals surface area contributed by atoms with Crippen LogP contribution in [-0.4, -0.2) is 9.91 Å². The number of aryl methyl sites for hydroxylation is 1. The van der Waals surface area contributed by atoms with Gasteiger partial charge in [-0.1, -0.05) is 11.6 Å². The maximum Gasteiger partial charge on any atom is 0.287 e. The molecule has 0 unspecified atom stereocenters. The molecule has 0 saturated heterocycles. The Bertz CT molecular complexity index is 632. The Hall–Kier alpha value is -1.66. The van der Waals surface area contributed by atoms with E-state index in [0.717, 1.165) is 16.2 Å². The van der Waals surface area contributed by atoms with E-state index in [1.54, 1.807) is 6.07 Å². The van der Waals surface area contributed by atoms with Crippen molar-refractivity contribution in [3.8, 4) is 11.6 Å². The van der Waals surface area contributed by atoms with Crippen LogP contribution in [0.2, 0.25) is 5.02 Å². The predicted molar refractivity (Wildman–Crippen MR) is 74.9 cm³/mol. The Morgan fingerprint density at radius 1 is 1.42 bits per heavy atom. The molecule has 0 radical (unpaired) electrons. The first-order chi connectivity index (χ1) is 8.97. The van der Waals surface area contributed by atoms with Crippen molar-refractivity contribution < 1.29 is 9.66 Å². The zero-order valence-corrected chi connectivity index (χ0v) is 12.1. The fourth-order valence-electron chi connectivity index (χ4n) is 1.39. The van der Waals surface area contributed by atoms with Crippen LogP contribution in [0.25, 0.3) is 0 Å². The van der Waals surface area contributed by atoms with E-state index >= 15 is 0 Å². The second kappa shape index (κ2) is 5.54. The monoisotopic (exact) mass is 342 g/mol. The molecule has 0 saturated carbocycles. The topological polar surface area (TPSA) is 65.3 Å². The average molecular weight is 344 g/mol. The Kier molecular flexibility index (Phi) is 4.01. The number of nitrogens with zero attached hydrogens (tertiary/aromatic N) is 2. The molecule has 5 nitrogen and oxygen atoms in total. The number of nitro groups is 1. The highest BCUT2D eigenvalue weighted by atomic mass is 79.9. The smallest absolute Gasteiger partial charge is 0.287 e. The fourth-order valence-corrected chi connectivity index (χ4v) is 2.00. The van der Waals surface area contributed by atoms with Gasteiger partial charge in [0.1, 0.15) is 11.9 Å². The number of rotatable bonds is 3. The third-order valence-corrected chi connectivity index (χ3v) is 3.56. The van der Waals surface area contributed by atoms with Gasteiger partial charge < -0.3 is 4.74 Å². The van der Waals surface area contributed by atoms with E-state index < -0.39 is 4.92 Å². The van der Waals surface area contributed by atoms with E-state index in [-0.39, 0.29) is 11.6 Å². The molecule has 2 aromatic rings. The molecular weight excluding hydrogens is 336 g/mol. The summed E-state index contributed by atoms with van der Waals surface area (Å²) in [6.07, 6.45) is 1.14. The van der Waals surface area contributed by atoms with Gasteiger partial charge in [0.15, 0.2) is 0 Å². The second-order valence-electron chi connectivity index (χ2n) is 3.75. The van der Waals surface area contributed by atoms with Crippen LogP contribution in [0.15, 0.2) is 34.9 Å². The summed E-state index contributed by atoms with van der Waals surface area (Å²) in [7, 11) is 0. The van der Waals surface area contributed by atoms with Crippen molar-refractivity contribution in [1.82, 2.24) is 4.98 Å². The molecule has 0 atom stereocenters. The first-order valence-electron chi connectivity index (χ1n) is 5.21. The molecule has 1 aromatic heterocycles. The number of hydrogen-bond acceptors (Lipinski definition) is 4. The average Bonchev–Trinajstić information content (AvgIpc) is 2.36. The van der Waals surface area contributed by atoms with E-state index in [1.807, 2.05) is 13.0 Å². The molecule has 0 aliphatic rings. The molecule has 1 heterocycles. The van der Waals surface area contributed by atoms with Crippen molar-refractivity contribution in [2.45, 2.75) is 6.92 Å². The first-order valence-corrected chi connectivity index (χ1v) is 6.38. The van der Waals surface area contributed by atoms with Crippen LogP contribution in [0.3, 0.4) is 0 Å². The molecule has 7 heteroatoms. The summed E-state index contributed by atoms with van der Waals surface area (Å²) < 4.78 is 6.31. The van der Waals surface area contributed by atoms with E-state index in [4.69, 9.17) is 16.3 Å². The number of benzene rings is 1. The van der Waals surface area contributed by atoms with E-state index in [9.17, 15) is 10.1 Å². The summed E-state index contributed by atoms with van der Waals surface area (Å²) >= 11 is 9.30. The zero-order chi connectivity index (χ0) is 14.0. The number of halogens is 2. The second-order valence-corrected chi connectivity index (χ2v) is 5.01. The molecule has 0 spiro atoms. The van der Waals surface area contributed by atoms with Crippen molar-refractivity contribution in [2.24, 2.45) is 0 Å². The summed E-state index contributed by atoms with van der Waals surface area (Å²) in [6.45, 7) is 1.86. The van der Waals surface area contributed by atoms with Gasteiger partial charge in [-0.05, 0) is 34.5 Å². The quantitative estimate of drug-likeness (QED) is 0.607. The molecule has 19 heavy (non-hydrogen) atoms. The summed E-state index contributed by atoms with van der Waals surface area (Å²) in [5.74, 6) is 0.821. The van der Waals surface area contributed by atoms with Crippen molar-refractivity contribution in [3.63, 3.8) is 0 Å². The van der Waals surface area contributed by atoms with Gasteiger partial charge in [0.05, 0.1) is 9.95 Å². The highest BCUT2D eigenvalue weighted by Crippen LogP contribution is 2.32. The number of hydrogen-bond donors (Lipinski definition) is 0. The Morgan fingerprint density at radius 2 is 2.16 bits per heavy atom. The summed E-state index contributed by atoms with van der Waals surface area (Å²) in [5.41, 5.74) is 0.786. The molecule has 98 valence electrons. The standard InChI is InChI=1S/C12H8BrClN2O3/c1-7-4-9(13)10(14)5-11(7)19-12-3-2-8(6-15-12)16(17)18/h2-6H,1H3. The van der Waals surface area contributed by atoms with Crippen LogP contribution < -0.4 is 4.74 Å². The molecule has 0 bridgehead atoms. The van der Waals surface area contributed by atoms with Crippen LogP contribution in [0.5, 0.6) is 11.6 Å². The molecule has 0 aliphatic carbocycles. The summed E-state index contributed by atoms with van der Waals surface area (Å²) in [5, 5.41) is 11.0.